The Bertz CT molecular complexity index is 1210. The first-order valence-electron chi connectivity index (χ1n) is 10.6. The number of likely N-dealkylation sites (tertiary alicyclic amines) is 1. The number of carbonyl (C=O) groups excluding carboxylic acids is 1. The average Bonchev–Trinajstić information content (AvgIpc) is 3.24. The predicted octanol–water partition coefficient (Wildman–Crippen LogP) is 3.98. The van der Waals surface area contributed by atoms with Crippen molar-refractivity contribution in [3.63, 3.8) is 0 Å². The van der Waals surface area contributed by atoms with Gasteiger partial charge in [-0.1, -0.05) is 47.7 Å². The Kier molecular flexibility index (Phi) is 5.11. The van der Waals surface area contributed by atoms with Gasteiger partial charge < -0.3 is 15.0 Å². The molecule has 1 N–H and O–H groups in total. The maximum atomic E-state index is 12.0. The largest absolute Gasteiger partial charge is 0.450 e. The molecule has 1 fully saturated rings. The smallest absolute Gasteiger partial charge is 0.409 e. The lowest BCUT2D eigenvalue weighted by Crippen LogP contribution is -2.42. The van der Waals surface area contributed by atoms with Crippen LogP contribution in [0.1, 0.15) is 19.8 Å². The summed E-state index contributed by atoms with van der Waals surface area (Å²) in [6.45, 7) is 3.56. The van der Waals surface area contributed by atoms with Crippen LogP contribution in [0, 0.1) is 0 Å². The van der Waals surface area contributed by atoms with Gasteiger partial charge in [0.2, 0.25) is 0 Å². The second-order valence-corrected chi connectivity index (χ2v) is 7.62. The molecule has 2 aromatic heterocycles. The van der Waals surface area contributed by atoms with Gasteiger partial charge >= 0.3 is 6.09 Å². The number of rotatable bonds is 4. The summed E-state index contributed by atoms with van der Waals surface area (Å²) < 4.78 is 6.92. The van der Waals surface area contributed by atoms with Crippen molar-refractivity contribution in [1.29, 1.82) is 0 Å². The fourth-order valence-electron chi connectivity index (χ4n) is 4.07. The van der Waals surface area contributed by atoms with Gasteiger partial charge in [0, 0.05) is 30.1 Å². The molecule has 0 spiro atoms. The molecule has 3 heterocycles. The summed E-state index contributed by atoms with van der Waals surface area (Å²) in [4.78, 5) is 18.7. The minimum absolute atomic E-state index is 0.222. The molecule has 31 heavy (non-hydrogen) atoms. The van der Waals surface area contributed by atoms with E-state index >= 15 is 0 Å². The zero-order valence-electron chi connectivity index (χ0n) is 17.4. The third-order valence-electron chi connectivity index (χ3n) is 5.66. The van der Waals surface area contributed by atoms with Crippen LogP contribution in [0.2, 0.25) is 0 Å². The van der Waals surface area contributed by atoms with Crippen molar-refractivity contribution in [2.45, 2.75) is 25.8 Å². The molecule has 0 aliphatic carbocycles. The maximum absolute atomic E-state index is 12.0. The number of anilines is 1. The second kappa shape index (κ2) is 8.22. The van der Waals surface area contributed by atoms with Crippen LogP contribution >= 0.6 is 0 Å². The Morgan fingerprint density at radius 3 is 2.61 bits per heavy atom. The normalized spacial score (nSPS) is 14.8. The third kappa shape index (κ3) is 3.65. The van der Waals surface area contributed by atoms with Gasteiger partial charge in [0.05, 0.1) is 12.1 Å². The number of nitrogens with one attached hydrogen (secondary N) is 1. The van der Waals surface area contributed by atoms with Crippen LogP contribution in [0.5, 0.6) is 0 Å². The molecule has 0 atom stereocenters. The van der Waals surface area contributed by atoms with Crippen molar-refractivity contribution in [3.8, 4) is 11.3 Å². The molecule has 0 radical (unpaired) electrons. The number of para-hydroxylation sites is 1. The number of hydrogen-bond donors (Lipinski definition) is 1. The molecule has 0 saturated carbocycles. The minimum Gasteiger partial charge on any atom is -0.450 e. The molecule has 4 aromatic rings. The van der Waals surface area contributed by atoms with Gasteiger partial charge in [-0.25, -0.2) is 9.78 Å². The van der Waals surface area contributed by atoms with Crippen molar-refractivity contribution in [2.24, 2.45) is 0 Å². The minimum atomic E-state index is -0.233. The van der Waals surface area contributed by atoms with Crippen LogP contribution in [0.25, 0.3) is 27.8 Å². The standard InChI is InChI=1S/C23H24N6O2/c1-2-31-23(30)28-14-12-17(13-15-28)24-21-18-10-6-7-11-19(18)29-22(25-21)20(26-27-29)16-8-4-3-5-9-16/h3-11,17H,2,12-15H2,1H3,(H,24,25). The number of carbonyl (C=O) groups is 1. The van der Waals surface area contributed by atoms with Crippen LogP contribution in [-0.4, -0.2) is 56.5 Å². The zero-order chi connectivity index (χ0) is 21.2. The van der Waals surface area contributed by atoms with Crippen molar-refractivity contribution < 1.29 is 9.53 Å². The zero-order valence-corrected chi connectivity index (χ0v) is 17.4. The van der Waals surface area contributed by atoms with Gasteiger partial charge in [0.1, 0.15) is 11.5 Å². The van der Waals surface area contributed by atoms with Gasteiger partial charge in [-0.3, -0.25) is 0 Å². The number of hydrogen-bond acceptors (Lipinski definition) is 6. The van der Waals surface area contributed by atoms with Crippen molar-refractivity contribution in [1.82, 2.24) is 24.7 Å². The van der Waals surface area contributed by atoms with E-state index in [4.69, 9.17) is 9.72 Å². The van der Waals surface area contributed by atoms with E-state index in [9.17, 15) is 4.79 Å². The highest BCUT2D eigenvalue weighted by Gasteiger charge is 2.25. The number of benzene rings is 2. The Hall–Kier alpha value is -3.68. The van der Waals surface area contributed by atoms with Gasteiger partial charge in [0.15, 0.2) is 5.65 Å². The predicted molar refractivity (Wildman–Crippen MR) is 119 cm³/mol. The molecule has 8 nitrogen and oxygen atoms in total. The molecule has 1 aliphatic rings. The van der Waals surface area contributed by atoms with Crippen LogP contribution < -0.4 is 5.32 Å². The highest BCUT2D eigenvalue weighted by atomic mass is 16.6. The Morgan fingerprint density at radius 1 is 1.10 bits per heavy atom. The SMILES string of the molecule is CCOC(=O)N1CCC(Nc2nc3c(-c4ccccc4)nnn3c3ccccc23)CC1. The summed E-state index contributed by atoms with van der Waals surface area (Å²) in [7, 11) is 0. The first kappa shape index (κ1) is 19.3. The molecule has 1 aliphatic heterocycles. The molecular weight excluding hydrogens is 392 g/mol. The topological polar surface area (TPSA) is 84.6 Å². The molecule has 0 bridgehead atoms. The number of aromatic nitrogens is 4. The van der Waals surface area contributed by atoms with E-state index < -0.39 is 0 Å². The summed E-state index contributed by atoms with van der Waals surface area (Å²) in [6.07, 6.45) is 1.44. The number of ether oxygens (including phenoxy) is 1. The lowest BCUT2D eigenvalue weighted by molar-refractivity contribution is 0.0983. The number of piperidine rings is 1. The van der Waals surface area contributed by atoms with Gasteiger partial charge in [-0.05, 0) is 31.9 Å². The number of nitrogens with zero attached hydrogens (tertiary/aromatic N) is 5. The molecule has 158 valence electrons. The van der Waals surface area contributed by atoms with E-state index in [2.05, 4.69) is 15.6 Å². The van der Waals surface area contributed by atoms with Crippen LogP contribution in [0.15, 0.2) is 54.6 Å². The fraction of sp³-hybridized carbons (Fsp3) is 0.304. The number of fused-ring (bicyclic) bond motifs is 3. The third-order valence-corrected chi connectivity index (χ3v) is 5.66. The highest BCUT2D eigenvalue weighted by molar-refractivity contribution is 5.93. The first-order chi connectivity index (χ1) is 15.2. The van der Waals surface area contributed by atoms with E-state index in [1.54, 1.807) is 9.42 Å². The van der Waals surface area contributed by atoms with Gasteiger partial charge in [-0.15, -0.1) is 5.10 Å². The van der Waals surface area contributed by atoms with E-state index in [0.29, 0.717) is 19.7 Å². The summed E-state index contributed by atoms with van der Waals surface area (Å²) in [6, 6.07) is 18.3. The van der Waals surface area contributed by atoms with E-state index in [1.165, 1.54) is 0 Å². The monoisotopic (exact) mass is 416 g/mol. The lowest BCUT2D eigenvalue weighted by Gasteiger charge is -2.32. The molecule has 2 aromatic carbocycles. The average molecular weight is 416 g/mol. The Labute approximate surface area is 179 Å². The van der Waals surface area contributed by atoms with Gasteiger partial charge in [-0.2, -0.15) is 4.52 Å². The number of amides is 1. The van der Waals surface area contributed by atoms with Crippen LogP contribution in [0.4, 0.5) is 10.6 Å². The molecule has 1 saturated heterocycles. The van der Waals surface area contributed by atoms with E-state index in [1.807, 2.05) is 61.5 Å². The summed E-state index contributed by atoms with van der Waals surface area (Å²) in [5, 5.41) is 13.4. The molecule has 8 heteroatoms. The van der Waals surface area contributed by atoms with Crippen molar-refractivity contribution in [3.05, 3.63) is 54.6 Å². The van der Waals surface area contributed by atoms with E-state index in [-0.39, 0.29) is 12.1 Å². The molecule has 5 rings (SSSR count). The molecular formula is C23H24N6O2. The summed E-state index contributed by atoms with van der Waals surface area (Å²) in [5.74, 6) is 0.817. The van der Waals surface area contributed by atoms with Gasteiger partial charge in [0.25, 0.3) is 0 Å². The fourth-order valence-corrected chi connectivity index (χ4v) is 4.07. The van der Waals surface area contributed by atoms with E-state index in [0.717, 1.165) is 46.5 Å². The Morgan fingerprint density at radius 2 is 1.84 bits per heavy atom. The highest BCUT2D eigenvalue weighted by Crippen LogP contribution is 2.29. The van der Waals surface area contributed by atoms with Crippen molar-refractivity contribution in [2.75, 3.05) is 25.0 Å². The van der Waals surface area contributed by atoms with Crippen LogP contribution in [0.3, 0.4) is 0 Å². The molecule has 1 amide bonds. The first-order valence-corrected chi connectivity index (χ1v) is 10.6. The lowest BCUT2D eigenvalue weighted by atomic mass is 10.1. The quantitative estimate of drug-likeness (QED) is 0.542. The Balaban J connectivity index is 1.48. The summed E-state index contributed by atoms with van der Waals surface area (Å²) in [5.41, 5.74) is 3.41. The molecule has 0 unspecified atom stereocenters. The second-order valence-electron chi connectivity index (χ2n) is 7.62. The van der Waals surface area contributed by atoms with Crippen LogP contribution in [-0.2, 0) is 4.74 Å². The maximum Gasteiger partial charge on any atom is 0.409 e. The summed E-state index contributed by atoms with van der Waals surface area (Å²) >= 11 is 0. The van der Waals surface area contributed by atoms with Crippen molar-refractivity contribution >= 4 is 28.5 Å².